The number of ether oxygens (including phenoxy) is 4. The lowest BCUT2D eigenvalue weighted by atomic mass is 10.1. The number of nitrogens with zero attached hydrogens (tertiary/aromatic N) is 1. The molecule has 1 amide bonds. The van der Waals surface area contributed by atoms with Gasteiger partial charge < -0.3 is 29.4 Å². The van der Waals surface area contributed by atoms with E-state index < -0.39 is 17.5 Å². The average molecular weight is 484 g/mol. The molecule has 0 saturated heterocycles. The number of amides is 1. The second-order valence-electron chi connectivity index (χ2n) is 7.14. The van der Waals surface area contributed by atoms with Crippen LogP contribution in [0.2, 0.25) is 0 Å². The summed E-state index contributed by atoms with van der Waals surface area (Å²) >= 11 is 0. The van der Waals surface area contributed by atoms with Gasteiger partial charge in [0.15, 0.2) is 28.8 Å². The van der Waals surface area contributed by atoms with Gasteiger partial charge in [-0.15, -0.1) is 0 Å². The number of nitrogens with one attached hydrogen (secondary N) is 1. The van der Waals surface area contributed by atoms with Crippen LogP contribution in [0.15, 0.2) is 48.5 Å². The van der Waals surface area contributed by atoms with Crippen molar-refractivity contribution in [3.05, 3.63) is 65.6 Å². The van der Waals surface area contributed by atoms with Gasteiger partial charge in [-0.05, 0) is 48.5 Å². The van der Waals surface area contributed by atoms with Crippen molar-refractivity contribution in [2.24, 2.45) is 0 Å². The zero-order chi connectivity index (χ0) is 25.4. The molecule has 0 unspecified atom stereocenters. The summed E-state index contributed by atoms with van der Waals surface area (Å²) in [6.07, 6.45) is 0. The molecule has 0 atom stereocenters. The van der Waals surface area contributed by atoms with Crippen molar-refractivity contribution in [3.63, 3.8) is 0 Å². The van der Waals surface area contributed by atoms with Gasteiger partial charge in [0.2, 0.25) is 0 Å². The molecule has 2 aromatic carbocycles. The van der Waals surface area contributed by atoms with E-state index in [1.54, 1.807) is 12.1 Å². The summed E-state index contributed by atoms with van der Waals surface area (Å²) in [4.78, 5) is 29.7. The SMILES string of the molecule is COc1cc(-c2nc(C(=O)CNC(=O)c3ccc(OCCO)c(OC)c3)ccc2OC)ccc1F. The number of rotatable bonds is 11. The number of halogens is 1. The quantitative estimate of drug-likeness (QED) is 0.399. The Morgan fingerprint density at radius 1 is 0.914 bits per heavy atom. The van der Waals surface area contributed by atoms with Crippen LogP contribution in [0.1, 0.15) is 20.8 Å². The van der Waals surface area contributed by atoms with Crippen LogP contribution >= 0.6 is 0 Å². The Morgan fingerprint density at radius 2 is 1.63 bits per heavy atom. The number of ketones is 1. The highest BCUT2D eigenvalue weighted by molar-refractivity contribution is 6.01. The number of hydrogen-bond acceptors (Lipinski definition) is 8. The predicted molar refractivity (Wildman–Crippen MR) is 125 cm³/mol. The fourth-order valence-electron chi connectivity index (χ4n) is 3.22. The molecule has 0 radical (unpaired) electrons. The summed E-state index contributed by atoms with van der Waals surface area (Å²) in [7, 11) is 4.23. The van der Waals surface area contributed by atoms with Gasteiger partial charge in [0.05, 0.1) is 34.5 Å². The van der Waals surface area contributed by atoms with E-state index in [1.807, 2.05) is 0 Å². The smallest absolute Gasteiger partial charge is 0.251 e. The maximum absolute atomic E-state index is 13.8. The largest absolute Gasteiger partial charge is 0.494 e. The van der Waals surface area contributed by atoms with Crippen LogP contribution in [0, 0.1) is 5.82 Å². The monoisotopic (exact) mass is 484 g/mol. The summed E-state index contributed by atoms with van der Waals surface area (Å²) in [5.74, 6) is -0.369. The number of aliphatic hydroxyl groups excluding tert-OH is 1. The number of carbonyl (C=O) groups is 2. The summed E-state index contributed by atoms with van der Waals surface area (Å²) in [6, 6.07) is 11.8. The van der Waals surface area contributed by atoms with Gasteiger partial charge in [0.25, 0.3) is 5.91 Å². The first-order valence-electron chi connectivity index (χ1n) is 10.5. The van der Waals surface area contributed by atoms with Gasteiger partial charge in [0.1, 0.15) is 23.7 Å². The lowest BCUT2D eigenvalue weighted by Crippen LogP contribution is -2.30. The van der Waals surface area contributed by atoms with E-state index in [0.29, 0.717) is 28.5 Å². The summed E-state index contributed by atoms with van der Waals surface area (Å²) < 4.78 is 34.7. The highest BCUT2D eigenvalue weighted by Crippen LogP contribution is 2.32. The molecule has 9 nitrogen and oxygen atoms in total. The van der Waals surface area contributed by atoms with E-state index >= 15 is 0 Å². The number of hydrogen-bond donors (Lipinski definition) is 2. The average Bonchev–Trinajstić information content (AvgIpc) is 2.90. The Hall–Kier alpha value is -4.18. The van der Waals surface area contributed by atoms with Gasteiger partial charge >= 0.3 is 0 Å². The van der Waals surface area contributed by atoms with Crippen LogP contribution in [0.3, 0.4) is 0 Å². The first kappa shape index (κ1) is 25.4. The van der Waals surface area contributed by atoms with Gasteiger partial charge in [-0.3, -0.25) is 9.59 Å². The second kappa shape index (κ2) is 11.8. The molecule has 0 bridgehead atoms. The first-order chi connectivity index (χ1) is 16.9. The molecular formula is C25H25FN2O7. The number of methoxy groups -OCH3 is 3. The fourth-order valence-corrected chi connectivity index (χ4v) is 3.22. The van der Waals surface area contributed by atoms with Crippen LogP contribution in [0.4, 0.5) is 4.39 Å². The summed E-state index contributed by atoms with van der Waals surface area (Å²) in [6.45, 7) is -0.392. The van der Waals surface area contributed by atoms with Crippen molar-refractivity contribution in [3.8, 4) is 34.3 Å². The molecule has 3 rings (SSSR count). The molecule has 0 aliphatic heterocycles. The molecular weight excluding hydrogens is 459 g/mol. The van der Waals surface area contributed by atoms with Crippen LogP contribution in [0.5, 0.6) is 23.0 Å². The van der Waals surface area contributed by atoms with Crippen molar-refractivity contribution in [2.75, 3.05) is 41.1 Å². The van der Waals surface area contributed by atoms with Crippen LogP contribution in [-0.2, 0) is 0 Å². The van der Waals surface area contributed by atoms with Crippen molar-refractivity contribution in [2.45, 2.75) is 0 Å². The molecule has 0 aliphatic rings. The third-order valence-corrected chi connectivity index (χ3v) is 4.97. The second-order valence-corrected chi connectivity index (χ2v) is 7.14. The molecule has 184 valence electrons. The molecule has 1 aromatic heterocycles. The standard InChI is InChI=1S/C25H25FN2O7/c1-32-21-9-7-18(28-24(21)15-4-6-17(26)22(12-15)33-2)19(30)14-27-25(31)16-5-8-20(35-11-10-29)23(13-16)34-3/h4-9,12-13,29H,10-11,14H2,1-3H3,(H,27,31). The van der Waals surface area contributed by atoms with Crippen LogP contribution < -0.4 is 24.3 Å². The van der Waals surface area contributed by atoms with Crippen LogP contribution in [-0.4, -0.2) is 62.9 Å². The minimum atomic E-state index is -0.533. The Morgan fingerprint density at radius 3 is 2.31 bits per heavy atom. The topological polar surface area (TPSA) is 116 Å². The zero-order valence-corrected chi connectivity index (χ0v) is 19.5. The zero-order valence-electron chi connectivity index (χ0n) is 19.5. The molecule has 1 heterocycles. The van der Waals surface area contributed by atoms with Gasteiger partial charge in [-0.1, -0.05) is 0 Å². The van der Waals surface area contributed by atoms with Gasteiger partial charge in [-0.25, -0.2) is 9.37 Å². The molecule has 10 heteroatoms. The van der Waals surface area contributed by atoms with E-state index in [0.717, 1.165) is 0 Å². The fraction of sp³-hybridized carbons (Fsp3) is 0.240. The summed E-state index contributed by atoms with van der Waals surface area (Å²) in [5, 5.41) is 11.5. The van der Waals surface area contributed by atoms with Crippen molar-refractivity contribution in [1.29, 1.82) is 0 Å². The first-order valence-corrected chi connectivity index (χ1v) is 10.5. The Bertz CT molecular complexity index is 1220. The third kappa shape index (κ3) is 6.04. The molecule has 0 aliphatic carbocycles. The number of aliphatic hydroxyl groups is 1. The highest BCUT2D eigenvalue weighted by atomic mass is 19.1. The van der Waals surface area contributed by atoms with E-state index in [-0.39, 0.29) is 36.8 Å². The number of Topliss-reactive ketones (excluding diaryl/α,β-unsaturated/α-hetero) is 1. The molecule has 3 aromatic rings. The maximum atomic E-state index is 13.8. The van der Waals surface area contributed by atoms with Crippen LogP contribution in [0.25, 0.3) is 11.3 Å². The minimum Gasteiger partial charge on any atom is -0.494 e. The van der Waals surface area contributed by atoms with Gasteiger partial charge in [0, 0.05) is 11.1 Å². The lowest BCUT2D eigenvalue weighted by Gasteiger charge is -2.12. The van der Waals surface area contributed by atoms with E-state index in [1.165, 1.54) is 57.7 Å². The highest BCUT2D eigenvalue weighted by Gasteiger charge is 2.17. The van der Waals surface area contributed by atoms with E-state index in [9.17, 15) is 14.0 Å². The Balaban J connectivity index is 1.76. The van der Waals surface area contributed by atoms with Crippen molar-refractivity contribution in [1.82, 2.24) is 10.3 Å². The third-order valence-electron chi connectivity index (χ3n) is 4.97. The van der Waals surface area contributed by atoms with E-state index in [2.05, 4.69) is 10.3 Å². The normalized spacial score (nSPS) is 10.4. The number of pyridine rings is 1. The number of benzene rings is 2. The molecule has 2 N–H and O–H groups in total. The number of aromatic nitrogens is 1. The minimum absolute atomic E-state index is 0.0264. The molecule has 0 saturated carbocycles. The Kier molecular flexibility index (Phi) is 8.58. The predicted octanol–water partition coefficient (Wildman–Crippen LogP) is 2.90. The number of carbonyl (C=O) groups excluding carboxylic acids is 2. The molecule has 0 spiro atoms. The van der Waals surface area contributed by atoms with E-state index in [4.69, 9.17) is 24.1 Å². The Labute approximate surface area is 201 Å². The molecule has 0 fully saturated rings. The molecule has 35 heavy (non-hydrogen) atoms. The van der Waals surface area contributed by atoms with Crippen molar-refractivity contribution >= 4 is 11.7 Å². The van der Waals surface area contributed by atoms with Gasteiger partial charge in [-0.2, -0.15) is 0 Å². The summed E-state index contributed by atoms with van der Waals surface area (Å²) in [5.41, 5.74) is 1.17. The van der Waals surface area contributed by atoms with Crippen molar-refractivity contribution < 1.29 is 38.0 Å². The maximum Gasteiger partial charge on any atom is 0.251 e. The lowest BCUT2D eigenvalue weighted by molar-refractivity contribution is 0.0902.